The Bertz CT molecular complexity index is 388. The van der Waals surface area contributed by atoms with Gasteiger partial charge in [0.1, 0.15) is 0 Å². The Hall–Kier alpha value is -0.870. The summed E-state index contributed by atoms with van der Waals surface area (Å²) in [6, 6.07) is 0.348. The smallest absolute Gasteiger partial charge is 0.0946 e. The van der Waals surface area contributed by atoms with Gasteiger partial charge >= 0.3 is 0 Å². The summed E-state index contributed by atoms with van der Waals surface area (Å²) in [6.45, 7) is 3.14. The van der Waals surface area contributed by atoms with Crippen LogP contribution in [0.2, 0.25) is 0 Å². The zero-order valence-electron chi connectivity index (χ0n) is 11.3. The van der Waals surface area contributed by atoms with Gasteiger partial charge in [-0.25, -0.2) is 4.98 Å². The molecule has 1 aromatic rings. The number of rotatable bonds is 3. The van der Waals surface area contributed by atoms with Gasteiger partial charge in [0.15, 0.2) is 0 Å². The molecule has 3 atom stereocenters. The summed E-state index contributed by atoms with van der Waals surface area (Å²) in [4.78, 5) is 6.84. The zero-order chi connectivity index (χ0) is 12.5. The molecule has 1 aliphatic carbocycles. The van der Waals surface area contributed by atoms with E-state index in [0.717, 1.165) is 11.8 Å². The molecule has 1 saturated carbocycles. The number of hydrogen-bond donors (Lipinski definition) is 1. The van der Waals surface area contributed by atoms with Crippen LogP contribution in [0.1, 0.15) is 37.4 Å². The maximum atomic E-state index is 6.03. The second-order valence-corrected chi connectivity index (χ2v) is 6.03. The Kier molecular flexibility index (Phi) is 3.39. The number of nitrogens with zero attached hydrogens (tertiary/aromatic N) is 3. The van der Waals surface area contributed by atoms with Gasteiger partial charge in [-0.1, -0.05) is 6.42 Å². The third-order valence-electron chi connectivity index (χ3n) is 4.74. The lowest BCUT2D eigenvalue weighted by atomic mass is 9.77. The van der Waals surface area contributed by atoms with Crippen molar-refractivity contribution in [2.45, 2.75) is 31.7 Å². The molecule has 2 fully saturated rings. The number of piperidine rings is 1. The first kappa shape index (κ1) is 12.2. The summed E-state index contributed by atoms with van der Waals surface area (Å²) in [7, 11) is 2.07. The maximum absolute atomic E-state index is 6.03. The molecule has 100 valence electrons. The van der Waals surface area contributed by atoms with Crippen LogP contribution in [0.4, 0.5) is 0 Å². The van der Waals surface area contributed by atoms with Crippen LogP contribution in [0.5, 0.6) is 0 Å². The molecule has 2 heterocycles. The molecule has 3 rings (SSSR count). The minimum atomic E-state index is 0.348. The van der Waals surface area contributed by atoms with Crippen molar-refractivity contribution < 1.29 is 0 Å². The van der Waals surface area contributed by atoms with Gasteiger partial charge in [-0.15, -0.1) is 0 Å². The molecule has 0 amide bonds. The van der Waals surface area contributed by atoms with Crippen molar-refractivity contribution in [3.05, 3.63) is 18.2 Å². The summed E-state index contributed by atoms with van der Waals surface area (Å²) in [5.41, 5.74) is 7.29. The lowest BCUT2D eigenvalue weighted by molar-refractivity contribution is 0.0529. The van der Waals surface area contributed by atoms with Gasteiger partial charge in [-0.3, -0.25) is 4.90 Å². The summed E-state index contributed by atoms with van der Waals surface area (Å²) < 4.78 is 2.11. The number of likely N-dealkylation sites (tertiary alicyclic amines) is 1. The molecule has 1 saturated heterocycles. The van der Waals surface area contributed by atoms with Crippen molar-refractivity contribution >= 4 is 0 Å². The van der Waals surface area contributed by atoms with Crippen molar-refractivity contribution in [2.24, 2.45) is 24.6 Å². The number of fused-ring (bicyclic) bond motifs is 2. The van der Waals surface area contributed by atoms with E-state index in [1.807, 2.05) is 12.5 Å². The molecule has 2 bridgehead atoms. The lowest BCUT2D eigenvalue weighted by Gasteiger charge is -2.44. The van der Waals surface area contributed by atoms with Gasteiger partial charge in [-0.05, 0) is 31.1 Å². The van der Waals surface area contributed by atoms with Gasteiger partial charge < -0.3 is 10.3 Å². The average molecular weight is 248 g/mol. The number of nitrogens with two attached hydrogens (primary N) is 1. The van der Waals surface area contributed by atoms with Crippen LogP contribution >= 0.6 is 0 Å². The predicted molar refractivity (Wildman–Crippen MR) is 72.0 cm³/mol. The van der Waals surface area contributed by atoms with Crippen LogP contribution in [-0.4, -0.2) is 34.1 Å². The van der Waals surface area contributed by atoms with E-state index >= 15 is 0 Å². The standard InChI is InChI=1S/C14H24N4/c1-17-10-16-7-14(17)13(6-15)18-8-11-3-2-4-12(5-11)9-18/h7,10-13H,2-6,8-9,15H2,1H3. The molecule has 0 spiro atoms. The number of aryl methyl sites for hydroxylation is 1. The highest BCUT2D eigenvalue weighted by molar-refractivity contribution is 5.07. The Morgan fingerprint density at radius 3 is 2.67 bits per heavy atom. The molecule has 2 N–H and O–H groups in total. The fourth-order valence-corrected chi connectivity index (χ4v) is 3.87. The van der Waals surface area contributed by atoms with E-state index in [9.17, 15) is 0 Å². The molecule has 4 heteroatoms. The number of hydrogen-bond acceptors (Lipinski definition) is 3. The van der Waals surface area contributed by atoms with Gasteiger partial charge in [0.2, 0.25) is 0 Å². The van der Waals surface area contributed by atoms with Crippen molar-refractivity contribution in [1.82, 2.24) is 14.5 Å². The molecular formula is C14H24N4. The van der Waals surface area contributed by atoms with E-state index in [4.69, 9.17) is 5.73 Å². The molecule has 0 radical (unpaired) electrons. The van der Waals surface area contributed by atoms with E-state index in [-0.39, 0.29) is 0 Å². The Morgan fingerprint density at radius 2 is 2.11 bits per heavy atom. The molecule has 2 aliphatic rings. The molecule has 4 nitrogen and oxygen atoms in total. The van der Waals surface area contributed by atoms with Crippen LogP contribution in [0.3, 0.4) is 0 Å². The summed E-state index contributed by atoms with van der Waals surface area (Å²) in [5.74, 6) is 1.81. The molecule has 1 aliphatic heterocycles. The largest absolute Gasteiger partial charge is 0.336 e. The number of aromatic nitrogens is 2. The van der Waals surface area contributed by atoms with E-state index < -0.39 is 0 Å². The molecular weight excluding hydrogens is 224 g/mol. The predicted octanol–water partition coefficient (Wildman–Crippen LogP) is 1.54. The normalized spacial score (nSPS) is 30.3. The number of imidazole rings is 1. The maximum Gasteiger partial charge on any atom is 0.0946 e. The lowest BCUT2D eigenvalue weighted by Crippen LogP contribution is -2.46. The van der Waals surface area contributed by atoms with Crippen LogP contribution in [0.15, 0.2) is 12.5 Å². The van der Waals surface area contributed by atoms with Gasteiger partial charge in [-0.2, -0.15) is 0 Å². The Labute approximate surface area is 109 Å². The first-order valence-corrected chi connectivity index (χ1v) is 7.18. The van der Waals surface area contributed by atoms with Gasteiger partial charge in [0.05, 0.1) is 18.1 Å². The second-order valence-electron chi connectivity index (χ2n) is 6.03. The van der Waals surface area contributed by atoms with Gasteiger partial charge in [0, 0.05) is 32.9 Å². The molecule has 18 heavy (non-hydrogen) atoms. The third-order valence-corrected chi connectivity index (χ3v) is 4.74. The van der Waals surface area contributed by atoms with Crippen LogP contribution < -0.4 is 5.73 Å². The quantitative estimate of drug-likeness (QED) is 0.882. The van der Waals surface area contributed by atoms with Gasteiger partial charge in [0.25, 0.3) is 0 Å². The van der Waals surface area contributed by atoms with Crippen molar-refractivity contribution in [3.63, 3.8) is 0 Å². The molecule has 0 aromatic carbocycles. The van der Waals surface area contributed by atoms with Crippen molar-refractivity contribution in [3.8, 4) is 0 Å². The highest BCUT2D eigenvalue weighted by Gasteiger charge is 2.34. The minimum Gasteiger partial charge on any atom is -0.336 e. The van der Waals surface area contributed by atoms with E-state index in [1.165, 1.54) is 44.5 Å². The average Bonchev–Trinajstić information content (AvgIpc) is 2.77. The summed E-state index contributed by atoms with van der Waals surface area (Å²) in [5, 5.41) is 0. The summed E-state index contributed by atoms with van der Waals surface area (Å²) >= 11 is 0. The first-order chi connectivity index (χ1) is 8.78. The Morgan fingerprint density at radius 1 is 1.39 bits per heavy atom. The van der Waals surface area contributed by atoms with Crippen molar-refractivity contribution in [2.75, 3.05) is 19.6 Å². The van der Waals surface area contributed by atoms with E-state index in [2.05, 4.69) is 21.5 Å². The van der Waals surface area contributed by atoms with Crippen LogP contribution in [0.25, 0.3) is 0 Å². The van der Waals surface area contributed by atoms with E-state index in [0.29, 0.717) is 12.6 Å². The Balaban J connectivity index is 1.78. The SMILES string of the molecule is Cn1cncc1C(CN)N1CC2CCCC(C2)C1. The second kappa shape index (κ2) is 5.02. The van der Waals surface area contributed by atoms with Crippen molar-refractivity contribution in [1.29, 1.82) is 0 Å². The molecule has 3 unspecified atom stereocenters. The first-order valence-electron chi connectivity index (χ1n) is 7.18. The van der Waals surface area contributed by atoms with Crippen LogP contribution in [-0.2, 0) is 7.05 Å². The fourth-order valence-electron chi connectivity index (χ4n) is 3.87. The topological polar surface area (TPSA) is 47.1 Å². The molecule has 1 aromatic heterocycles. The van der Waals surface area contributed by atoms with Crippen LogP contribution in [0, 0.1) is 11.8 Å². The minimum absolute atomic E-state index is 0.348. The fraction of sp³-hybridized carbons (Fsp3) is 0.786. The highest BCUT2D eigenvalue weighted by atomic mass is 15.2. The van der Waals surface area contributed by atoms with E-state index in [1.54, 1.807) is 0 Å². The third kappa shape index (κ3) is 2.19. The monoisotopic (exact) mass is 248 g/mol. The zero-order valence-corrected chi connectivity index (χ0v) is 11.3. The highest BCUT2D eigenvalue weighted by Crippen LogP contribution is 2.37. The summed E-state index contributed by atoms with van der Waals surface area (Å²) in [6.07, 6.45) is 9.55.